The Morgan fingerprint density at radius 2 is 1.68 bits per heavy atom. The van der Waals surface area contributed by atoms with E-state index in [1.165, 1.54) is 0 Å². The van der Waals surface area contributed by atoms with Crippen LogP contribution >= 0.6 is 0 Å². The van der Waals surface area contributed by atoms with Crippen LogP contribution in [0.3, 0.4) is 0 Å². The summed E-state index contributed by atoms with van der Waals surface area (Å²) in [5, 5.41) is 6.84. The maximum atomic E-state index is 4.62. The maximum absolute atomic E-state index is 4.62. The number of hydrogen-bond acceptors (Lipinski definition) is 4. The number of aryl methyl sites for hydroxylation is 1. The highest BCUT2D eigenvalue weighted by Crippen LogP contribution is 2.22. The van der Waals surface area contributed by atoms with E-state index in [1.54, 1.807) is 0 Å². The number of anilines is 2. The van der Waals surface area contributed by atoms with Gasteiger partial charge in [0.05, 0.1) is 0 Å². The van der Waals surface area contributed by atoms with Crippen molar-refractivity contribution in [3.8, 4) is 0 Å². The molecule has 0 aliphatic rings. The normalized spacial score (nSPS) is 12.6. The Morgan fingerprint density at radius 1 is 1.05 bits per heavy atom. The lowest BCUT2D eigenvalue weighted by atomic mass is 10.1. The molecule has 1 unspecified atom stereocenters. The van der Waals surface area contributed by atoms with E-state index < -0.39 is 0 Å². The van der Waals surface area contributed by atoms with Gasteiger partial charge in [0.15, 0.2) is 0 Å². The van der Waals surface area contributed by atoms with Crippen molar-refractivity contribution in [2.24, 2.45) is 5.92 Å². The van der Waals surface area contributed by atoms with Crippen LogP contribution in [0.15, 0.2) is 0 Å². The first kappa shape index (κ1) is 15.7. The van der Waals surface area contributed by atoms with E-state index in [0.717, 1.165) is 42.4 Å². The summed E-state index contributed by atoms with van der Waals surface area (Å²) in [6, 6.07) is 0.424. The third kappa shape index (κ3) is 4.69. The fraction of sp³-hybridized carbons (Fsp3) is 0.733. The van der Waals surface area contributed by atoms with Crippen LogP contribution in [0.25, 0.3) is 0 Å². The van der Waals surface area contributed by atoms with Crippen molar-refractivity contribution < 1.29 is 0 Å². The van der Waals surface area contributed by atoms with Gasteiger partial charge in [-0.05, 0) is 33.1 Å². The Hall–Kier alpha value is -1.32. The van der Waals surface area contributed by atoms with E-state index in [1.807, 2.05) is 0 Å². The first-order valence-electron chi connectivity index (χ1n) is 7.35. The van der Waals surface area contributed by atoms with Gasteiger partial charge in [-0.1, -0.05) is 20.8 Å². The Bertz CT molecular complexity index is 401. The molecule has 0 saturated heterocycles. The van der Waals surface area contributed by atoms with Crippen molar-refractivity contribution in [1.29, 1.82) is 0 Å². The minimum absolute atomic E-state index is 0.424. The average Bonchev–Trinajstić information content (AvgIpc) is 2.33. The van der Waals surface area contributed by atoms with Crippen LogP contribution in [0, 0.1) is 12.8 Å². The lowest BCUT2D eigenvalue weighted by Gasteiger charge is -2.20. The van der Waals surface area contributed by atoms with Crippen molar-refractivity contribution in [3.05, 3.63) is 11.4 Å². The molecule has 0 spiro atoms. The van der Waals surface area contributed by atoms with Gasteiger partial charge in [-0.25, -0.2) is 9.97 Å². The number of aromatic nitrogens is 2. The van der Waals surface area contributed by atoms with Crippen LogP contribution in [0.1, 0.15) is 52.4 Å². The Balaban J connectivity index is 2.94. The molecule has 0 amide bonds. The number of hydrogen-bond donors (Lipinski definition) is 2. The predicted octanol–water partition coefficient (Wildman–Crippen LogP) is 3.63. The standard InChI is InChI=1S/C15H28N4/c1-7-13-18-14(16-8-2)12(6)15(19-13)17-11(5)9-10(3)4/h10-11H,7-9H2,1-6H3,(H2,16,17,18,19). The van der Waals surface area contributed by atoms with Crippen molar-refractivity contribution in [2.45, 2.75) is 60.4 Å². The summed E-state index contributed by atoms with van der Waals surface area (Å²) in [7, 11) is 0. The lowest BCUT2D eigenvalue weighted by molar-refractivity contribution is 0.538. The largest absolute Gasteiger partial charge is 0.370 e. The molecule has 0 aliphatic carbocycles. The summed E-state index contributed by atoms with van der Waals surface area (Å²) in [6.07, 6.45) is 1.99. The van der Waals surface area contributed by atoms with Gasteiger partial charge >= 0.3 is 0 Å². The minimum atomic E-state index is 0.424. The van der Waals surface area contributed by atoms with Gasteiger partial charge in [-0.2, -0.15) is 0 Å². The molecule has 4 nitrogen and oxygen atoms in total. The van der Waals surface area contributed by atoms with Crippen LogP contribution in [0.4, 0.5) is 11.6 Å². The van der Waals surface area contributed by atoms with Crippen LogP contribution in [-0.4, -0.2) is 22.6 Å². The molecule has 0 aliphatic heterocycles. The zero-order valence-corrected chi connectivity index (χ0v) is 13.2. The zero-order chi connectivity index (χ0) is 14.4. The van der Waals surface area contributed by atoms with Crippen LogP contribution in [0.2, 0.25) is 0 Å². The second-order valence-electron chi connectivity index (χ2n) is 5.52. The molecule has 1 aromatic heterocycles. The molecule has 1 rings (SSSR count). The van der Waals surface area contributed by atoms with Gasteiger partial charge in [0.25, 0.3) is 0 Å². The highest BCUT2D eigenvalue weighted by molar-refractivity contribution is 5.57. The molecule has 108 valence electrons. The number of nitrogens with zero attached hydrogens (tertiary/aromatic N) is 2. The molecule has 1 heterocycles. The number of rotatable bonds is 7. The summed E-state index contributed by atoms with van der Waals surface area (Å²) in [4.78, 5) is 9.17. The molecular formula is C15H28N4. The fourth-order valence-electron chi connectivity index (χ4n) is 2.20. The van der Waals surface area contributed by atoms with E-state index in [4.69, 9.17) is 0 Å². The highest BCUT2D eigenvalue weighted by Gasteiger charge is 2.12. The third-order valence-electron chi connectivity index (χ3n) is 3.06. The van der Waals surface area contributed by atoms with Crippen LogP contribution in [0.5, 0.6) is 0 Å². The first-order chi connectivity index (χ1) is 8.97. The molecule has 0 saturated carbocycles. The predicted molar refractivity (Wildman–Crippen MR) is 82.9 cm³/mol. The van der Waals surface area contributed by atoms with Crippen molar-refractivity contribution in [2.75, 3.05) is 17.2 Å². The molecular weight excluding hydrogens is 236 g/mol. The van der Waals surface area contributed by atoms with Gasteiger partial charge in [0.2, 0.25) is 0 Å². The molecule has 0 bridgehead atoms. The third-order valence-corrected chi connectivity index (χ3v) is 3.06. The second kappa shape index (κ2) is 7.31. The quantitative estimate of drug-likeness (QED) is 0.789. The molecule has 19 heavy (non-hydrogen) atoms. The summed E-state index contributed by atoms with van der Waals surface area (Å²) in [6.45, 7) is 13.8. The molecule has 0 fully saturated rings. The number of nitrogens with one attached hydrogen (secondary N) is 2. The monoisotopic (exact) mass is 264 g/mol. The molecule has 0 radical (unpaired) electrons. The minimum Gasteiger partial charge on any atom is -0.370 e. The van der Waals surface area contributed by atoms with Crippen LogP contribution in [-0.2, 0) is 6.42 Å². The molecule has 2 N–H and O–H groups in total. The van der Waals surface area contributed by atoms with E-state index in [-0.39, 0.29) is 0 Å². The second-order valence-corrected chi connectivity index (χ2v) is 5.52. The van der Waals surface area contributed by atoms with Crippen molar-refractivity contribution in [1.82, 2.24) is 9.97 Å². The fourth-order valence-corrected chi connectivity index (χ4v) is 2.20. The van der Waals surface area contributed by atoms with Crippen molar-refractivity contribution >= 4 is 11.6 Å². The Kier molecular flexibility index (Phi) is 6.06. The van der Waals surface area contributed by atoms with E-state index in [0.29, 0.717) is 12.0 Å². The first-order valence-corrected chi connectivity index (χ1v) is 7.35. The van der Waals surface area contributed by atoms with Gasteiger partial charge in [0.1, 0.15) is 17.5 Å². The highest BCUT2D eigenvalue weighted by atomic mass is 15.1. The SMILES string of the molecule is CCNc1nc(CC)nc(NC(C)CC(C)C)c1C. The summed E-state index contributed by atoms with van der Waals surface area (Å²) < 4.78 is 0. The Labute approximate surface area is 117 Å². The smallest absolute Gasteiger partial charge is 0.134 e. The Morgan fingerprint density at radius 3 is 2.21 bits per heavy atom. The van der Waals surface area contributed by atoms with Gasteiger partial charge in [0, 0.05) is 24.6 Å². The molecule has 4 heteroatoms. The van der Waals surface area contributed by atoms with Gasteiger partial charge in [-0.15, -0.1) is 0 Å². The summed E-state index contributed by atoms with van der Waals surface area (Å²) >= 11 is 0. The van der Waals surface area contributed by atoms with Crippen LogP contribution < -0.4 is 10.6 Å². The topological polar surface area (TPSA) is 49.8 Å². The lowest BCUT2D eigenvalue weighted by Crippen LogP contribution is -2.20. The maximum Gasteiger partial charge on any atom is 0.134 e. The van der Waals surface area contributed by atoms with Crippen molar-refractivity contribution in [3.63, 3.8) is 0 Å². The zero-order valence-electron chi connectivity index (χ0n) is 13.2. The average molecular weight is 264 g/mol. The molecule has 1 aromatic rings. The molecule has 1 atom stereocenters. The van der Waals surface area contributed by atoms with E-state index >= 15 is 0 Å². The summed E-state index contributed by atoms with van der Waals surface area (Å²) in [5.74, 6) is 3.49. The summed E-state index contributed by atoms with van der Waals surface area (Å²) in [5.41, 5.74) is 1.11. The van der Waals surface area contributed by atoms with E-state index in [9.17, 15) is 0 Å². The van der Waals surface area contributed by atoms with E-state index in [2.05, 4.69) is 62.1 Å². The molecule has 0 aromatic carbocycles. The van der Waals surface area contributed by atoms with Gasteiger partial charge < -0.3 is 10.6 Å². The van der Waals surface area contributed by atoms with Gasteiger partial charge in [-0.3, -0.25) is 0 Å².